The van der Waals surface area contributed by atoms with Crippen LogP contribution in [0.15, 0.2) is 71.3 Å². The molecule has 0 saturated heterocycles. The molecule has 2 heterocycles. The summed E-state index contributed by atoms with van der Waals surface area (Å²) in [5.74, 6) is 1.30. The summed E-state index contributed by atoms with van der Waals surface area (Å²) in [6, 6.07) is 18.6. The fourth-order valence-electron chi connectivity index (χ4n) is 3.20. The number of nitrogens with zero attached hydrogens (tertiary/aromatic N) is 1. The fraction of sp³-hybridized carbons (Fsp3) is 0.227. The second-order valence-electron chi connectivity index (χ2n) is 6.69. The van der Waals surface area contributed by atoms with Crippen LogP contribution in [-0.2, 0) is 17.9 Å². The van der Waals surface area contributed by atoms with Crippen LogP contribution in [0.1, 0.15) is 33.3 Å². The van der Waals surface area contributed by atoms with E-state index in [2.05, 4.69) is 4.90 Å². The Labute approximate surface area is 170 Å². The zero-order valence-electron chi connectivity index (χ0n) is 15.5. The van der Waals surface area contributed by atoms with Crippen molar-refractivity contribution in [2.75, 3.05) is 13.6 Å². The molecule has 0 radical (unpaired) electrons. The van der Waals surface area contributed by atoms with Gasteiger partial charge in [-0.15, -0.1) is 12.4 Å². The number of hydrogen-bond acceptors (Lipinski definition) is 5. The van der Waals surface area contributed by atoms with Crippen molar-refractivity contribution in [3.63, 3.8) is 0 Å². The molecule has 2 aromatic carbocycles. The van der Waals surface area contributed by atoms with E-state index in [0.29, 0.717) is 11.3 Å². The summed E-state index contributed by atoms with van der Waals surface area (Å²) in [6.07, 6.45) is 1.61. The highest BCUT2D eigenvalue weighted by atomic mass is 35.5. The summed E-state index contributed by atoms with van der Waals surface area (Å²) in [4.78, 5) is 14.4. The van der Waals surface area contributed by atoms with E-state index in [0.717, 1.165) is 30.0 Å². The fourth-order valence-corrected chi connectivity index (χ4v) is 3.20. The maximum Gasteiger partial charge on any atom is 0.338 e. The Morgan fingerprint density at radius 2 is 1.86 bits per heavy atom. The average Bonchev–Trinajstić information content (AvgIpc) is 3.16. The van der Waals surface area contributed by atoms with Crippen molar-refractivity contribution < 1.29 is 18.7 Å². The molecule has 4 rings (SSSR count). The molecule has 1 atom stereocenters. The maximum absolute atomic E-state index is 12.2. The van der Waals surface area contributed by atoms with Crippen LogP contribution in [-0.4, -0.2) is 24.5 Å². The van der Waals surface area contributed by atoms with Gasteiger partial charge in [-0.05, 0) is 42.9 Å². The van der Waals surface area contributed by atoms with Crippen molar-refractivity contribution >= 4 is 18.4 Å². The normalized spacial score (nSPS) is 16.0. The molecule has 28 heavy (non-hydrogen) atoms. The third-order valence-corrected chi connectivity index (χ3v) is 4.60. The predicted molar refractivity (Wildman–Crippen MR) is 108 cm³/mol. The van der Waals surface area contributed by atoms with Gasteiger partial charge < -0.3 is 13.9 Å². The van der Waals surface area contributed by atoms with Gasteiger partial charge in [-0.3, -0.25) is 4.90 Å². The number of fused-ring (bicyclic) bond motifs is 1. The van der Waals surface area contributed by atoms with Gasteiger partial charge >= 0.3 is 5.97 Å². The van der Waals surface area contributed by atoms with Gasteiger partial charge in [-0.2, -0.15) is 0 Å². The molecule has 0 bridgehead atoms. The highest BCUT2D eigenvalue weighted by Gasteiger charge is 2.27. The van der Waals surface area contributed by atoms with E-state index >= 15 is 0 Å². The molecule has 0 saturated carbocycles. The second kappa shape index (κ2) is 8.95. The second-order valence-corrected chi connectivity index (χ2v) is 6.69. The Morgan fingerprint density at radius 1 is 1.11 bits per heavy atom. The molecule has 0 N–H and O–H groups in total. The largest absolute Gasteiger partial charge is 0.484 e. The highest BCUT2D eigenvalue weighted by molar-refractivity contribution is 5.89. The van der Waals surface area contributed by atoms with Gasteiger partial charge in [0.25, 0.3) is 0 Å². The first-order valence-corrected chi connectivity index (χ1v) is 8.91. The van der Waals surface area contributed by atoms with Gasteiger partial charge in [0.15, 0.2) is 0 Å². The Morgan fingerprint density at radius 3 is 2.61 bits per heavy atom. The minimum absolute atomic E-state index is 0. The van der Waals surface area contributed by atoms with Gasteiger partial charge in [0.2, 0.25) is 0 Å². The number of furan rings is 1. The van der Waals surface area contributed by atoms with Crippen molar-refractivity contribution in [1.29, 1.82) is 0 Å². The molecule has 5 nitrogen and oxygen atoms in total. The van der Waals surface area contributed by atoms with Crippen LogP contribution in [0.3, 0.4) is 0 Å². The molecule has 1 aromatic heterocycles. The number of carbonyl (C=O) groups is 1. The van der Waals surface area contributed by atoms with Gasteiger partial charge in [0, 0.05) is 12.1 Å². The number of carbonyl (C=O) groups excluding carboxylic acids is 1. The van der Waals surface area contributed by atoms with Gasteiger partial charge in [-0.1, -0.05) is 30.3 Å². The Kier molecular flexibility index (Phi) is 6.39. The summed E-state index contributed by atoms with van der Waals surface area (Å²) < 4.78 is 17.0. The SMILES string of the molecule is CN1Cc2occc2C(Oc2ccc(C(=O)OCc3ccccc3)cc2)C1.Cl. The first-order valence-electron chi connectivity index (χ1n) is 8.91. The standard InChI is InChI=1S/C22H21NO4.ClH/c1-23-13-20-19(11-12-25-20)21(14-23)27-18-9-7-17(8-10-18)22(24)26-15-16-5-3-2-4-6-16;/h2-12,21H,13-15H2,1H3;1H. The smallest absolute Gasteiger partial charge is 0.338 e. The van der Waals surface area contributed by atoms with Crippen LogP contribution < -0.4 is 4.74 Å². The van der Waals surface area contributed by atoms with Crippen molar-refractivity contribution in [2.24, 2.45) is 0 Å². The summed E-state index contributed by atoms with van der Waals surface area (Å²) in [5.41, 5.74) is 2.55. The van der Waals surface area contributed by atoms with Crippen LogP contribution in [0.5, 0.6) is 5.75 Å². The number of hydrogen-bond donors (Lipinski definition) is 0. The zero-order chi connectivity index (χ0) is 18.6. The Bertz CT molecular complexity index is 908. The van der Waals surface area contributed by atoms with Crippen molar-refractivity contribution in [3.05, 3.63) is 89.4 Å². The summed E-state index contributed by atoms with van der Waals surface area (Å²) in [5, 5.41) is 0. The van der Waals surface area contributed by atoms with Gasteiger partial charge in [-0.25, -0.2) is 4.79 Å². The summed E-state index contributed by atoms with van der Waals surface area (Å²) >= 11 is 0. The molecule has 1 aliphatic rings. The van der Waals surface area contributed by atoms with Crippen LogP contribution >= 0.6 is 12.4 Å². The molecule has 0 amide bonds. The van der Waals surface area contributed by atoms with E-state index in [-0.39, 0.29) is 31.1 Å². The first-order chi connectivity index (χ1) is 13.2. The van der Waals surface area contributed by atoms with Crippen molar-refractivity contribution in [1.82, 2.24) is 4.90 Å². The molecule has 3 aromatic rings. The zero-order valence-corrected chi connectivity index (χ0v) is 16.4. The van der Waals surface area contributed by atoms with E-state index in [4.69, 9.17) is 13.9 Å². The summed E-state index contributed by atoms with van der Waals surface area (Å²) in [6.45, 7) is 1.83. The van der Waals surface area contributed by atoms with Crippen LogP contribution in [0.25, 0.3) is 0 Å². The van der Waals surface area contributed by atoms with Gasteiger partial charge in [0.05, 0.1) is 18.4 Å². The van der Waals surface area contributed by atoms with Crippen LogP contribution in [0, 0.1) is 0 Å². The van der Waals surface area contributed by atoms with Crippen molar-refractivity contribution in [2.45, 2.75) is 19.3 Å². The number of esters is 1. The minimum Gasteiger partial charge on any atom is -0.484 e. The molecule has 0 spiro atoms. The number of benzene rings is 2. The molecule has 146 valence electrons. The third-order valence-electron chi connectivity index (χ3n) is 4.60. The average molecular weight is 400 g/mol. The molecule has 1 aliphatic heterocycles. The minimum atomic E-state index is -0.347. The van der Waals surface area contributed by atoms with Crippen LogP contribution in [0.2, 0.25) is 0 Å². The molecule has 1 unspecified atom stereocenters. The third kappa shape index (κ3) is 4.55. The molecular weight excluding hydrogens is 378 g/mol. The number of halogens is 1. The van der Waals surface area contributed by atoms with E-state index in [1.165, 1.54) is 0 Å². The number of ether oxygens (including phenoxy) is 2. The topological polar surface area (TPSA) is 51.9 Å². The number of rotatable bonds is 5. The lowest BCUT2D eigenvalue weighted by molar-refractivity contribution is 0.0472. The maximum atomic E-state index is 12.2. The van der Waals surface area contributed by atoms with Gasteiger partial charge in [0.1, 0.15) is 24.2 Å². The van der Waals surface area contributed by atoms with E-state index < -0.39 is 0 Å². The van der Waals surface area contributed by atoms with Crippen LogP contribution in [0.4, 0.5) is 0 Å². The number of likely N-dealkylation sites (N-methyl/N-ethyl adjacent to an activating group) is 1. The Balaban J connectivity index is 0.00000225. The molecule has 0 fully saturated rings. The molecular formula is C22H22ClNO4. The lowest BCUT2D eigenvalue weighted by Gasteiger charge is -2.29. The van der Waals surface area contributed by atoms with E-state index in [1.54, 1.807) is 30.5 Å². The monoisotopic (exact) mass is 399 g/mol. The van der Waals surface area contributed by atoms with E-state index in [1.807, 2.05) is 43.4 Å². The predicted octanol–water partition coefficient (Wildman–Crippen LogP) is 4.62. The quantitative estimate of drug-likeness (QED) is 0.586. The lowest BCUT2D eigenvalue weighted by Crippen LogP contribution is -2.32. The lowest BCUT2D eigenvalue weighted by atomic mass is 10.1. The van der Waals surface area contributed by atoms with Crippen molar-refractivity contribution in [3.8, 4) is 5.75 Å². The highest BCUT2D eigenvalue weighted by Crippen LogP contribution is 2.31. The molecule has 6 heteroatoms. The first kappa shape index (κ1) is 20.0. The van der Waals surface area contributed by atoms with E-state index in [9.17, 15) is 4.79 Å². The molecule has 0 aliphatic carbocycles. The summed E-state index contributed by atoms with van der Waals surface area (Å²) in [7, 11) is 2.04. The Hall–Kier alpha value is -2.76.